The fourth-order valence-corrected chi connectivity index (χ4v) is 2.45. The zero-order valence-electron chi connectivity index (χ0n) is 13.6. The van der Waals surface area contributed by atoms with Gasteiger partial charge in [-0.15, -0.1) is 11.8 Å². The number of hydrogen-bond acceptors (Lipinski definition) is 8. The third-order valence-electron chi connectivity index (χ3n) is 3.20. The molecule has 0 aromatic carbocycles. The maximum Gasteiger partial charge on any atom is 0.238 e. The van der Waals surface area contributed by atoms with Gasteiger partial charge in [-0.05, 0) is 27.8 Å². The predicted octanol–water partition coefficient (Wildman–Crippen LogP) is 1.78. The summed E-state index contributed by atoms with van der Waals surface area (Å²) in [5.41, 5.74) is 0. The summed E-state index contributed by atoms with van der Waals surface area (Å²) in [6, 6.07) is 1.95. The largest absolute Gasteiger partial charge is 0.360 e. The van der Waals surface area contributed by atoms with Crippen molar-refractivity contribution in [2.24, 2.45) is 0 Å². The number of nitrogens with zero attached hydrogens (tertiary/aromatic N) is 3. The van der Waals surface area contributed by atoms with E-state index in [1.807, 2.05) is 20.9 Å². The minimum atomic E-state index is -0.279. The molecule has 2 aromatic rings. The van der Waals surface area contributed by atoms with E-state index in [0.717, 1.165) is 0 Å². The number of likely N-dealkylation sites (N-methyl/N-ethyl adjacent to an activating group) is 1. The van der Waals surface area contributed by atoms with Gasteiger partial charge in [0.1, 0.15) is 5.76 Å². The van der Waals surface area contributed by atoms with Crippen molar-refractivity contribution in [3.8, 4) is 0 Å². The molecule has 0 spiro atoms. The van der Waals surface area contributed by atoms with Gasteiger partial charge in [-0.2, -0.15) is 4.98 Å². The molecule has 2 atom stereocenters. The Balaban J connectivity index is 1.79. The summed E-state index contributed by atoms with van der Waals surface area (Å²) >= 11 is 1.42. The summed E-state index contributed by atoms with van der Waals surface area (Å²) in [4.78, 5) is 16.4. The number of anilines is 1. The Bertz CT molecular complexity index is 642. The molecule has 0 radical (unpaired) electrons. The molecule has 8 nitrogen and oxygen atoms in total. The first kappa shape index (κ1) is 17.5. The molecule has 126 valence electrons. The fraction of sp³-hybridized carbons (Fsp3) is 0.571. The van der Waals surface area contributed by atoms with Gasteiger partial charge in [-0.3, -0.25) is 4.79 Å². The second kappa shape index (κ2) is 8.11. The molecule has 0 aliphatic heterocycles. The highest BCUT2D eigenvalue weighted by molar-refractivity contribution is 7.99. The van der Waals surface area contributed by atoms with Crippen molar-refractivity contribution < 1.29 is 13.8 Å². The van der Waals surface area contributed by atoms with Gasteiger partial charge < -0.3 is 19.7 Å². The topological polar surface area (TPSA) is 106 Å². The van der Waals surface area contributed by atoms with Crippen LogP contribution in [0.1, 0.15) is 31.3 Å². The molecule has 2 aromatic heterocycles. The first-order valence-electron chi connectivity index (χ1n) is 7.32. The van der Waals surface area contributed by atoms with Gasteiger partial charge in [0, 0.05) is 18.5 Å². The van der Waals surface area contributed by atoms with E-state index in [9.17, 15) is 4.79 Å². The van der Waals surface area contributed by atoms with Crippen LogP contribution in [-0.4, -0.2) is 39.5 Å². The summed E-state index contributed by atoms with van der Waals surface area (Å²) in [7, 11) is 1.89. The molecule has 0 aliphatic rings. The summed E-state index contributed by atoms with van der Waals surface area (Å²) in [6.45, 7) is 5.62. The van der Waals surface area contributed by atoms with Crippen molar-refractivity contribution in [1.82, 2.24) is 20.6 Å². The number of amides is 1. The van der Waals surface area contributed by atoms with Crippen molar-refractivity contribution in [3.63, 3.8) is 0 Å². The average molecular weight is 339 g/mol. The molecule has 9 heteroatoms. The van der Waals surface area contributed by atoms with E-state index in [-0.39, 0.29) is 17.2 Å². The van der Waals surface area contributed by atoms with E-state index >= 15 is 0 Å². The van der Waals surface area contributed by atoms with E-state index in [1.54, 1.807) is 13.0 Å². The van der Waals surface area contributed by atoms with Crippen molar-refractivity contribution in [2.45, 2.75) is 44.2 Å². The lowest BCUT2D eigenvalue weighted by Crippen LogP contribution is -2.24. The SMILES string of the molecule is CNC(C)Cc1noc(CSC(C)C(=O)Nc2cc(C)on2)n1. The van der Waals surface area contributed by atoms with Crippen LogP contribution in [0.15, 0.2) is 15.1 Å². The van der Waals surface area contributed by atoms with Crippen LogP contribution in [0, 0.1) is 6.92 Å². The Morgan fingerprint density at radius 3 is 2.78 bits per heavy atom. The van der Waals surface area contributed by atoms with Crippen LogP contribution in [0.5, 0.6) is 0 Å². The van der Waals surface area contributed by atoms with Crippen LogP contribution in [0.4, 0.5) is 5.82 Å². The standard InChI is InChI=1S/C14H21N5O3S/c1-8(15-4)5-11-16-13(22-19-11)7-23-10(3)14(20)17-12-6-9(2)21-18-12/h6,8,10,15H,5,7H2,1-4H3,(H,17,18,20). The van der Waals surface area contributed by atoms with Crippen molar-refractivity contribution >= 4 is 23.5 Å². The molecular formula is C14H21N5O3S. The molecule has 0 saturated heterocycles. The number of rotatable bonds is 8. The van der Waals surface area contributed by atoms with Crippen molar-refractivity contribution in [2.75, 3.05) is 12.4 Å². The van der Waals surface area contributed by atoms with E-state index in [2.05, 4.69) is 25.9 Å². The minimum absolute atomic E-state index is 0.146. The highest BCUT2D eigenvalue weighted by Crippen LogP contribution is 2.18. The summed E-state index contributed by atoms with van der Waals surface area (Å²) in [5, 5.41) is 13.2. The minimum Gasteiger partial charge on any atom is -0.360 e. The third-order valence-corrected chi connectivity index (χ3v) is 4.32. The van der Waals surface area contributed by atoms with Crippen LogP contribution in [-0.2, 0) is 17.0 Å². The van der Waals surface area contributed by atoms with Crippen LogP contribution in [0.3, 0.4) is 0 Å². The number of carbonyl (C=O) groups excluding carboxylic acids is 1. The molecule has 0 aliphatic carbocycles. The maximum atomic E-state index is 12.0. The second-order valence-corrected chi connectivity index (χ2v) is 6.59. The zero-order valence-corrected chi connectivity index (χ0v) is 14.4. The molecular weight excluding hydrogens is 318 g/mol. The average Bonchev–Trinajstić information content (AvgIpc) is 3.13. The normalized spacial score (nSPS) is 13.7. The highest BCUT2D eigenvalue weighted by Gasteiger charge is 2.17. The number of aromatic nitrogens is 3. The van der Waals surface area contributed by atoms with E-state index < -0.39 is 0 Å². The fourth-order valence-electron chi connectivity index (χ4n) is 1.73. The Kier molecular flexibility index (Phi) is 6.17. The molecule has 2 unspecified atom stereocenters. The Hall–Kier alpha value is -1.87. The van der Waals surface area contributed by atoms with Crippen LogP contribution < -0.4 is 10.6 Å². The monoisotopic (exact) mass is 339 g/mol. The molecule has 2 rings (SSSR count). The predicted molar refractivity (Wildman–Crippen MR) is 87.2 cm³/mol. The van der Waals surface area contributed by atoms with Gasteiger partial charge in [-0.25, -0.2) is 0 Å². The molecule has 23 heavy (non-hydrogen) atoms. The number of thioether (sulfide) groups is 1. The third kappa shape index (κ3) is 5.36. The van der Waals surface area contributed by atoms with Crippen LogP contribution in [0.25, 0.3) is 0 Å². The summed E-state index contributed by atoms with van der Waals surface area (Å²) in [6.07, 6.45) is 0.701. The lowest BCUT2D eigenvalue weighted by Gasteiger charge is -2.08. The molecule has 2 N–H and O–H groups in total. The first-order valence-corrected chi connectivity index (χ1v) is 8.37. The molecule has 0 saturated carbocycles. The Morgan fingerprint density at radius 1 is 1.35 bits per heavy atom. The van der Waals surface area contributed by atoms with Crippen molar-refractivity contribution in [3.05, 3.63) is 23.5 Å². The quantitative estimate of drug-likeness (QED) is 0.749. The lowest BCUT2D eigenvalue weighted by atomic mass is 10.2. The number of carbonyl (C=O) groups is 1. The van der Waals surface area contributed by atoms with Crippen molar-refractivity contribution in [1.29, 1.82) is 0 Å². The summed E-state index contributed by atoms with van der Waals surface area (Å²) < 4.78 is 10.1. The summed E-state index contributed by atoms with van der Waals surface area (Å²) in [5.74, 6) is 2.58. The number of nitrogens with one attached hydrogen (secondary N) is 2. The molecule has 0 bridgehead atoms. The van der Waals surface area contributed by atoms with E-state index in [0.29, 0.717) is 35.5 Å². The Morgan fingerprint density at radius 2 is 2.13 bits per heavy atom. The zero-order chi connectivity index (χ0) is 16.8. The van der Waals surface area contributed by atoms with Gasteiger partial charge in [-0.1, -0.05) is 10.3 Å². The van der Waals surface area contributed by atoms with Crippen LogP contribution in [0.2, 0.25) is 0 Å². The number of hydrogen-bond donors (Lipinski definition) is 2. The van der Waals surface area contributed by atoms with Crippen LogP contribution >= 0.6 is 11.8 Å². The molecule has 0 fully saturated rings. The van der Waals surface area contributed by atoms with E-state index in [1.165, 1.54) is 11.8 Å². The molecule has 2 heterocycles. The van der Waals surface area contributed by atoms with Gasteiger partial charge in [0.05, 0.1) is 11.0 Å². The van der Waals surface area contributed by atoms with Gasteiger partial charge in [0.25, 0.3) is 0 Å². The van der Waals surface area contributed by atoms with Gasteiger partial charge >= 0.3 is 0 Å². The molecule has 1 amide bonds. The van der Waals surface area contributed by atoms with Gasteiger partial charge in [0.2, 0.25) is 11.8 Å². The smallest absolute Gasteiger partial charge is 0.238 e. The van der Waals surface area contributed by atoms with Gasteiger partial charge in [0.15, 0.2) is 11.6 Å². The second-order valence-electron chi connectivity index (χ2n) is 5.26. The first-order chi connectivity index (χ1) is 11.0. The number of aryl methyl sites for hydroxylation is 1. The maximum absolute atomic E-state index is 12.0. The van der Waals surface area contributed by atoms with E-state index in [4.69, 9.17) is 9.05 Å². The lowest BCUT2D eigenvalue weighted by molar-refractivity contribution is -0.115. The Labute approximate surface area is 138 Å². The highest BCUT2D eigenvalue weighted by atomic mass is 32.2.